The molecule has 4 aromatic heterocycles. The fourth-order valence-corrected chi connectivity index (χ4v) is 5.93. The Morgan fingerprint density at radius 3 is 2.29 bits per heavy atom. The Labute approximate surface area is 281 Å². The van der Waals surface area contributed by atoms with Gasteiger partial charge in [-0.25, -0.2) is 19.9 Å². The number of aryl methyl sites for hydroxylation is 2. The van der Waals surface area contributed by atoms with E-state index >= 15 is 0 Å². The predicted molar refractivity (Wildman–Crippen MR) is 186 cm³/mol. The van der Waals surface area contributed by atoms with Gasteiger partial charge in [-0.1, -0.05) is 12.2 Å². The van der Waals surface area contributed by atoms with E-state index in [0.717, 1.165) is 29.4 Å². The molecule has 6 rings (SSSR count). The predicted octanol–water partition coefficient (Wildman–Crippen LogP) is 3.70. The van der Waals surface area contributed by atoms with Crippen LogP contribution in [0.25, 0.3) is 44.6 Å². The lowest BCUT2D eigenvalue weighted by molar-refractivity contribution is 0.0991. The number of oxazole rings is 1. The molecule has 254 valence electrons. The molecule has 49 heavy (non-hydrogen) atoms. The molecule has 15 nitrogen and oxygen atoms in total. The number of carbonyl (C=O) groups excluding carboxylic acids is 2. The quantitative estimate of drug-likeness (QED) is 0.0975. The molecule has 0 fully saturated rings. The first kappa shape index (κ1) is 33.0. The van der Waals surface area contributed by atoms with Crippen molar-refractivity contribution in [2.45, 2.75) is 33.4 Å². The van der Waals surface area contributed by atoms with Gasteiger partial charge in [-0.3, -0.25) is 9.59 Å². The van der Waals surface area contributed by atoms with Crippen LogP contribution in [0, 0.1) is 13.8 Å². The van der Waals surface area contributed by atoms with Gasteiger partial charge in [-0.2, -0.15) is 0 Å². The highest BCUT2D eigenvalue weighted by Crippen LogP contribution is 2.37. The number of allylic oxidation sites excluding steroid dienone is 2. The van der Waals surface area contributed by atoms with E-state index in [-0.39, 0.29) is 0 Å². The summed E-state index contributed by atoms with van der Waals surface area (Å²) in [6, 6.07) is 6.67. The molecule has 0 radical (unpaired) electrons. The van der Waals surface area contributed by atoms with Crippen molar-refractivity contribution in [3.63, 3.8) is 0 Å². The summed E-state index contributed by atoms with van der Waals surface area (Å²) in [7, 11) is 5.20. The molecule has 4 heterocycles. The number of anilines is 1. The number of fused-ring (bicyclic) bond motifs is 4. The third kappa shape index (κ3) is 6.23. The number of primary amides is 2. The number of methoxy groups -OCH3 is 1. The number of nitrogens with one attached hydrogen (secondary N) is 2. The summed E-state index contributed by atoms with van der Waals surface area (Å²) in [4.78, 5) is 42.9. The minimum atomic E-state index is -0.576. The van der Waals surface area contributed by atoms with E-state index in [2.05, 4.69) is 20.6 Å². The molecule has 0 saturated carbocycles. The van der Waals surface area contributed by atoms with Crippen LogP contribution >= 0.6 is 0 Å². The maximum atomic E-state index is 12.2. The van der Waals surface area contributed by atoms with E-state index in [9.17, 15) is 9.59 Å². The smallest absolute Gasteiger partial charge is 0.248 e. The number of benzene rings is 2. The van der Waals surface area contributed by atoms with E-state index in [1.807, 2.05) is 35.3 Å². The lowest BCUT2D eigenvalue weighted by Gasteiger charge is -2.12. The van der Waals surface area contributed by atoms with Crippen molar-refractivity contribution < 1.29 is 23.5 Å². The Bertz CT molecular complexity index is 2250. The molecule has 2 amide bonds. The molecule has 0 atom stereocenters. The summed E-state index contributed by atoms with van der Waals surface area (Å²) in [5.41, 5.74) is 15.2. The van der Waals surface area contributed by atoms with Gasteiger partial charge in [0.25, 0.3) is 0 Å². The zero-order chi connectivity index (χ0) is 34.8. The number of ether oxygens (including phenoxy) is 2. The standard InChI is InChI=1S/C34H38N10O5/c1-18-29(49-19(2)40-18)32-39-17-23-22-13-20(30(35)45)15-25(47-5)27(22)43(33(23)42-32)10-6-7-11-44-28-24(41-34(44)38-4)14-21(31(36)46)16-26(28)48-12-8-9-37-3/h6-7,13-17,37H,8-12H2,1-5H3,(H2,35,45)(H2,36,46)(H,38,41)/b7-6+. The second-order valence-electron chi connectivity index (χ2n) is 11.4. The third-order valence-electron chi connectivity index (χ3n) is 8.16. The second-order valence-corrected chi connectivity index (χ2v) is 11.4. The van der Waals surface area contributed by atoms with Gasteiger partial charge in [0.05, 0.1) is 30.4 Å². The molecule has 15 heteroatoms. The van der Waals surface area contributed by atoms with Crippen molar-refractivity contribution in [2.24, 2.45) is 11.5 Å². The van der Waals surface area contributed by atoms with Gasteiger partial charge in [0.2, 0.25) is 17.8 Å². The third-order valence-corrected chi connectivity index (χ3v) is 8.16. The maximum Gasteiger partial charge on any atom is 0.248 e. The summed E-state index contributed by atoms with van der Waals surface area (Å²) in [5.74, 6) is 1.81. The average molecular weight is 667 g/mol. The topological polar surface area (TPSA) is 203 Å². The Balaban J connectivity index is 1.42. The largest absolute Gasteiger partial charge is 0.495 e. The van der Waals surface area contributed by atoms with E-state index in [0.29, 0.717) is 88.0 Å². The highest BCUT2D eigenvalue weighted by molar-refractivity contribution is 6.11. The minimum absolute atomic E-state index is 0.305. The molecule has 0 unspecified atom stereocenters. The van der Waals surface area contributed by atoms with Crippen molar-refractivity contribution in [2.75, 3.05) is 39.7 Å². The van der Waals surface area contributed by atoms with Crippen molar-refractivity contribution in [3.8, 4) is 23.1 Å². The van der Waals surface area contributed by atoms with Crippen LogP contribution in [-0.2, 0) is 13.1 Å². The van der Waals surface area contributed by atoms with Crippen LogP contribution in [0.5, 0.6) is 11.5 Å². The maximum absolute atomic E-state index is 12.2. The van der Waals surface area contributed by atoms with Crippen LogP contribution in [0.3, 0.4) is 0 Å². The molecular formula is C34H38N10O5. The van der Waals surface area contributed by atoms with Crippen molar-refractivity contribution >= 4 is 50.7 Å². The van der Waals surface area contributed by atoms with Crippen molar-refractivity contribution in [1.29, 1.82) is 0 Å². The van der Waals surface area contributed by atoms with Gasteiger partial charge in [0.15, 0.2) is 17.5 Å². The van der Waals surface area contributed by atoms with Crippen LogP contribution < -0.4 is 31.6 Å². The first-order valence-corrected chi connectivity index (χ1v) is 15.7. The van der Waals surface area contributed by atoms with Gasteiger partial charge in [-0.15, -0.1) is 0 Å². The van der Waals surface area contributed by atoms with E-state index in [1.165, 1.54) is 0 Å². The average Bonchev–Trinajstić information content (AvgIpc) is 3.73. The Hall–Kier alpha value is -5.96. The normalized spacial score (nSPS) is 11.7. The van der Waals surface area contributed by atoms with Crippen LogP contribution in [0.1, 0.15) is 38.7 Å². The van der Waals surface area contributed by atoms with Gasteiger partial charge < -0.3 is 45.1 Å². The summed E-state index contributed by atoms with van der Waals surface area (Å²) in [6.45, 7) is 5.64. The van der Waals surface area contributed by atoms with Gasteiger partial charge in [0.1, 0.15) is 22.7 Å². The number of hydrogen-bond acceptors (Lipinski definition) is 11. The Kier molecular flexibility index (Phi) is 9.18. The van der Waals surface area contributed by atoms with Gasteiger partial charge >= 0.3 is 0 Å². The number of imidazole rings is 1. The molecule has 6 aromatic rings. The molecule has 0 saturated heterocycles. The van der Waals surface area contributed by atoms with E-state index < -0.39 is 11.8 Å². The van der Waals surface area contributed by atoms with Crippen LogP contribution in [0.15, 0.2) is 47.0 Å². The van der Waals surface area contributed by atoms with Crippen molar-refractivity contribution in [1.82, 2.24) is 34.4 Å². The van der Waals surface area contributed by atoms with Crippen LogP contribution in [0.4, 0.5) is 5.95 Å². The summed E-state index contributed by atoms with van der Waals surface area (Å²) in [6.07, 6.45) is 6.48. The van der Waals surface area contributed by atoms with Gasteiger partial charge in [0, 0.05) is 55.2 Å². The SMILES string of the molecule is CNCCCOc1cc(C(N)=O)cc2nc(NC)n(C/C=C/Cn3c4nc(-c5oc(C)nc5C)ncc4c4cc(C(N)=O)cc(OC)c43)c12. The number of aromatic nitrogens is 6. The lowest BCUT2D eigenvalue weighted by atomic mass is 10.1. The Morgan fingerprint density at radius 1 is 0.918 bits per heavy atom. The molecule has 2 aromatic carbocycles. The molecule has 6 N–H and O–H groups in total. The first-order valence-electron chi connectivity index (χ1n) is 15.7. The lowest BCUT2D eigenvalue weighted by Crippen LogP contribution is -2.13. The number of hydrogen-bond donors (Lipinski definition) is 4. The molecular weight excluding hydrogens is 628 g/mol. The van der Waals surface area contributed by atoms with Gasteiger partial charge in [-0.05, 0) is 51.2 Å². The Morgan fingerprint density at radius 2 is 1.63 bits per heavy atom. The zero-order valence-electron chi connectivity index (χ0n) is 28.0. The van der Waals surface area contributed by atoms with E-state index in [4.69, 9.17) is 35.3 Å². The molecule has 0 spiro atoms. The van der Waals surface area contributed by atoms with E-state index in [1.54, 1.807) is 51.5 Å². The number of rotatable bonds is 14. The zero-order valence-corrected chi connectivity index (χ0v) is 28.0. The number of amides is 2. The molecule has 0 aliphatic carbocycles. The fraction of sp³-hybridized carbons (Fsp3) is 0.294. The highest BCUT2D eigenvalue weighted by atomic mass is 16.5. The molecule has 0 aliphatic heterocycles. The second kappa shape index (κ2) is 13.6. The fourth-order valence-electron chi connectivity index (χ4n) is 5.93. The van der Waals surface area contributed by atoms with Crippen molar-refractivity contribution in [3.05, 3.63) is 65.3 Å². The molecule has 0 aliphatic rings. The summed E-state index contributed by atoms with van der Waals surface area (Å²) < 4.78 is 21.7. The first-order chi connectivity index (χ1) is 23.6. The number of nitrogens with two attached hydrogens (primary N) is 2. The highest BCUT2D eigenvalue weighted by Gasteiger charge is 2.22. The van der Waals surface area contributed by atoms with Crippen LogP contribution in [-0.4, -0.2) is 75.2 Å². The number of nitrogens with zero attached hydrogens (tertiary/aromatic N) is 6. The summed E-state index contributed by atoms with van der Waals surface area (Å²) in [5, 5.41) is 7.68. The number of carbonyl (C=O) groups is 2. The van der Waals surface area contributed by atoms with Crippen LogP contribution in [0.2, 0.25) is 0 Å². The minimum Gasteiger partial charge on any atom is -0.495 e. The molecule has 0 bridgehead atoms. The monoisotopic (exact) mass is 666 g/mol. The summed E-state index contributed by atoms with van der Waals surface area (Å²) >= 11 is 0.